The Labute approximate surface area is 102 Å². The van der Waals surface area contributed by atoms with E-state index < -0.39 is 0 Å². The maximum Gasteiger partial charge on any atom is 0.0534 e. The number of halogens is 1. The second-order valence-electron chi connectivity index (χ2n) is 4.62. The van der Waals surface area contributed by atoms with Crippen LogP contribution >= 0.6 is 11.6 Å². The summed E-state index contributed by atoms with van der Waals surface area (Å²) in [6.07, 6.45) is 9.11. The van der Waals surface area contributed by atoms with Crippen LogP contribution in [0.5, 0.6) is 0 Å². The lowest BCUT2D eigenvalue weighted by atomic mass is 10.1. The zero-order valence-electron chi connectivity index (χ0n) is 9.90. The van der Waals surface area contributed by atoms with Crippen molar-refractivity contribution < 1.29 is 0 Å². The molecule has 2 rings (SSSR count). The number of hydrogen-bond acceptors (Lipinski definition) is 2. The first-order valence-electron chi connectivity index (χ1n) is 6.07. The van der Waals surface area contributed by atoms with Crippen LogP contribution in [0.25, 0.3) is 0 Å². The SMILES string of the molecule is Cn1cc(CN2CCCC2CCCCl)cn1. The molecule has 16 heavy (non-hydrogen) atoms. The summed E-state index contributed by atoms with van der Waals surface area (Å²) in [6.45, 7) is 2.27. The number of hydrogen-bond donors (Lipinski definition) is 0. The molecule has 4 heteroatoms. The molecule has 3 nitrogen and oxygen atoms in total. The standard InChI is InChI=1S/C12H20ClN3/c1-15-9-11(8-14-15)10-16-7-3-5-12(16)4-2-6-13/h8-9,12H,2-7,10H2,1H3. The lowest BCUT2D eigenvalue weighted by molar-refractivity contribution is 0.233. The van der Waals surface area contributed by atoms with E-state index in [2.05, 4.69) is 16.2 Å². The molecule has 90 valence electrons. The van der Waals surface area contributed by atoms with Gasteiger partial charge in [0.25, 0.3) is 0 Å². The third-order valence-corrected chi connectivity index (χ3v) is 3.58. The minimum absolute atomic E-state index is 0.735. The summed E-state index contributed by atoms with van der Waals surface area (Å²) in [6, 6.07) is 0.735. The van der Waals surface area contributed by atoms with E-state index in [0.29, 0.717) is 0 Å². The molecule has 1 aliphatic rings. The largest absolute Gasteiger partial charge is 0.296 e. The molecule has 0 aromatic carbocycles. The van der Waals surface area contributed by atoms with Gasteiger partial charge >= 0.3 is 0 Å². The van der Waals surface area contributed by atoms with Gasteiger partial charge in [0.05, 0.1) is 6.20 Å². The Balaban J connectivity index is 1.88. The lowest BCUT2D eigenvalue weighted by Gasteiger charge is -2.23. The second kappa shape index (κ2) is 5.69. The first kappa shape index (κ1) is 11.9. The smallest absolute Gasteiger partial charge is 0.0534 e. The summed E-state index contributed by atoms with van der Waals surface area (Å²) in [5.74, 6) is 0.789. The van der Waals surface area contributed by atoms with Crippen molar-refractivity contribution in [1.82, 2.24) is 14.7 Å². The van der Waals surface area contributed by atoms with Crippen molar-refractivity contribution in [2.75, 3.05) is 12.4 Å². The summed E-state index contributed by atoms with van der Waals surface area (Å²) in [7, 11) is 1.97. The summed E-state index contributed by atoms with van der Waals surface area (Å²) in [5.41, 5.74) is 1.32. The molecule has 1 aromatic rings. The van der Waals surface area contributed by atoms with Crippen molar-refractivity contribution in [2.45, 2.75) is 38.3 Å². The summed E-state index contributed by atoms with van der Waals surface area (Å²) >= 11 is 5.76. The Morgan fingerprint density at radius 2 is 2.44 bits per heavy atom. The van der Waals surface area contributed by atoms with E-state index in [4.69, 9.17) is 11.6 Å². The average Bonchev–Trinajstić information content (AvgIpc) is 2.86. The van der Waals surface area contributed by atoms with Crippen LogP contribution in [0.15, 0.2) is 12.4 Å². The fraction of sp³-hybridized carbons (Fsp3) is 0.750. The summed E-state index contributed by atoms with van der Waals surface area (Å²) in [4.78, 5) is 2.57. The van der Waals surface area contributed by atoms with E-state index >= 15 is 0 Å². The van der Waals surface area contributed by atoms with Gasteiger partial charge in [0.2, 0.25) is 0 Å². The van der Waals surface area contributed by atoms with Crippen molar-refractivity contribution in [3.63, 3.8) is 0 Å². The number of aryl methyl sites for hydroxylation is 1. The molecule has 0 amide bonds. The van der Waals surface area contributed by atoms with Gasteiger partial charge in [-0.1, -0.05) is 0 Å². The van der Waals surface area contributed by atoms with Gasteiger partial charge in [-0.3, -0.25) is 9.58 Å². The van der Waals surface area contributed by atoms with Crippen LogP contribution < -0.4 is 0 Å². The van der Waals surface area contributed by atoms with E-state index in [1.807, 2.05) is 17.9 Å². The molecule has 0 N–H and O–H groups in total. The average molecular weight is 242 g/mol. The predicted molar refractivity (Wildman–Crippen MR) is 66.6 cm³/mol. The maximum absolute atomic E-state index is 5.76. The van der Waals surface area contributed by atoms with E-state index in [-0.39, 0.29) is 0 Å². The third-order valence-electron chi connectivity index (χ3n) is 3.31. The highest BCUT2D eigenvalue weighted by atomic mass is 35.5. The highest BCUT2D eigenvalue weighted by molar-refractivity contribution is 6.17. The van der Waals surface area contributed by atoms with Crippen molar-refractivity contribution in [3.8, 4) is 0 Å². The van der Waals surface area contributed by atoms with E-state index in [9.17, 15) is 0 Å². The Kier molecular flexibility index (Phi) is 4.24. The van der Waals surface area contributed by atoms with E-state index in [1.54, 1.807) is 0 Å². The van der Waals surface area contributed by atoms with Gasteiger partial charge in [-0.05, 0) is 32.2 Å². The fourth-order valence-corrected chi connectivity index (χ4v) is 2.69. The first-order chi connectivity index (χ1) is 7.79. The van der Waals surface area contributed by atoms with Crippen LogP contribution in [0.2, 0.25) is 0 Å². The van der Waals surface area contributed by atoms with Gasteiger partial charge < -0.3 is 0 Å². The molecular weight excluding hydrogens is 222 g/mol. The molecule has 1 saturated heterocycles. The van der Waals surface area contributed by atoms with Gasteiger partial charge in [0.15, 0.2) is 0 Å². The Hall–Kier alpha value is -0.540. The van der Waals surface area contributed by atoms with Crippen LogP contribution in [-0.2, 0) is 13.6 Å². The van der Waals surface area contributed by atoms with Gasteiger partial charge in [0, 0.05) is 37.3 Å². The quantitative estimate of drug-likeness (QED) is 0.739. The highest BCUT2D eigenvalue weighted by Crippen LogP contribution is 2.23. The summed E-state index contributed by atoms with van der Waals surface area (Å²) in [5, 5.41) is 4.21. The minimum Gasteiger partial charge on any atom is -0.296 e. The van der Waals surface area contributed by atoms with Gasteiger partial charge in [-0.25, -0.2) is 0 Å². The molecule has 0 saturated carbocycles. The first-order valence-corrected chi connectivity index (χ1v) is 6.60. The summed E-state index contributed by atoms with van der Waals surface area (Å²) < 4.78 is 1.87. The molecule has 0 bridgehead atoms. The zero-order chi connectivity index (χ0) is 11.4. The molecule has 1 unspecified atom stereocenters. The Morgan fingerprint density at radius 3 is 3.12 bits per heavy atom. The van der Waals surface area contributed by atoms with Crippen LogP contribution in [0, 0.1) is 0 Å². The molecule has 1 atom stereocenters. The van der Waals surface area contributed by atoms with Crippen LogP contribution in [0.4, 0.5) is 0 Å². The molecule has 0 aliphatic carbocycles. The van der Waals surface area contributed by atoms with Gasteiger partial charge in [0.1, 0.15) is 0 Å². The van der Waals surface area contributed by atoms with Gasteiger partial charge in [-0.15, -0.1) is 11.6 Å². The number of nitrogens with zero attached hydrogens (tertiary/aromatic N) is 3. The van der Waals surface area contributed by atoms with E-state index in [0.717, 1.165) is 24.9 Å². The minimum atomic E-state index is 0.735. The predicted octanol–water partition coefficient (Wildman–Crippen LogP) is 2.40. The Morgan fingerprint density at radius 1 is 1.56 bits per heavy atom. The third kappa shape index (κ3) is 2.98. The number of rotatable bonds is 5. The van der Waals surface area contributed by atoms with Crippen LogP contribution in [0.1, 0.15) is 31.2 Å². The van der Waals surface area contributed by atoms with Crippen molar-refractivity contribution in [1.29, 1.82) is 0 Å². The zero-order valence-corrected chi connectivity index (χ0v) is 10.7. The fourth-order valence-electron chi connectivity index (χ4n) is 2.53. The molecule has 0 spiro atoms. The van der Waals surface area contributed by atoms with E-state index in [1.165, 1.54) is 31.4 Å². The number of likely N-dealkylation sites (tertiary alicyclic amines) is 1. The molecular formula is C12H20ClN3. The molecule has 0 radical (unpaired) electrons. The number of alkyl halides is 1. The molecule has 1 aliphatic heterocycles. The number of aromatic nitrogens is 2. The molecule has 2 heterocycles. The second-order valence-corrected chi connectivity index (χ2v) is 5.00. The van der Waals surface area contributed by atoms with Crippen LogP contribution in [0.3, 0.4) is 0 Å². The highest BCUT2D eigenvalue weighted by Gasteiger charge is 2.23. The Bertz CT molecular complexity index is 324. The topological polar surface area (TPSA) is 21.1 Å². The monoisotopic (exact) mass is 241 g/mol. The van der Waals surface area contributed by atoms with Crippen molar-refractivity contribution in [2.24, 2.45) is 7.05 Å². The van der Waals surface area contributed by atoms with Crippen molar-refractivity contribution >= 4 is 11.6 Å². The van der Waals surface area contributed by atoms with Gasteiger partial charge in [-0.2, -0.15) is 5.10 Å². The van der Waals surface area contributed by atoms with Crippen LogP contribution in [-0.4, -0.2) is 33.1 Å². The normalized spacial score (nSPS) is 21.8. The maximum atomic E-state index is 5.76. The van der Waals surface area contributed by atoms with Crippen molar-refractivity contribution in [3.05, 3.63) is 18.0 Å². The lowest BCUT2D eigenvalue weighted by Crippen LogP contribution is -2.28. The molecule has 1 fully saturated rings. The molecule has 1 aromatic heterocycles.